The number of carbonyl (C=O) groups is 2. The predicted molar refractivity (Wildman–Crippen MR) is 170 cm³/mol. The third-order valence-corrected chi connectivity index (χ3v) is 8.14. The summed E-state index contributed by atoms with van der Waals surface area (Å²) in [6.07, 6.45) is 1.12. The lowest BCUT2D eigenvalue weighted by molar-refractivity contribution is -0.160. The van der Waals surface area contributed by atoms with Gasteiger partial charge in [0.2, 0.25) is 0 Å². The SMILES string of the molecule is Cc1nc2cc(C(=O)NCc3ccc(F)cc3-n3ncnc3C)nn2c(-c2cc(F)c3c(c2C)CCCO3)c1[C@@H](OC(C)(C)C)C(=O)O. The first-order valence-electron chi connectivity index (χ1n) is 15.4. The molecule has 5 aromatic rings. The molecule has 0 unspecified atom stereocenters. The fraction of sp³-hybridized carbons (Fsp3) is 0.353. The molecule has 0 aliphatic carbocycles. The molecular formula is C34H35F2N7O5. The van der Waals surface area contributed by atoms with E-state index in [0.29, 0.717) is 58.9 Å². The first kappa shape index (κ1) is 32.7. The zero-order chi connectivity index (χ0) is 34.5. The second-order valence-corrected chi connectivity index (χ2v) is 12.7. The molecule has 0 spiro atoms. The minimum Gasteiger partial charge on any atom is -0.490 e. The summed E-state index contributed by atoms with van der Waals surface area (Å²) in [6.45, 7) is 10.8. The van der Waals surface area contributed by atoms with E-state index in [9.17, 15) is 19.1 Å². The van der Waals surface area contributed by atoms with Crippen molar-refractivity contribution in [3.05, 3.63) is 87.8 Å². The number of rotatable bonds is 8. The highest BCUT2D eigenvalue weighted by Crippen LogP contribution is 2.41. The van der Waals surface area contributed by atoms with Gasteiger partial charge in [0.05, 0.1) is 23.6 Å². The Morgan fingerprint density at radius 2 is 1.92 bits per heavy atom. The van der Waals surface area contributed by atoms with Gasteiger partial charge < -0.3 is 19.9 Å². The molecule has 14 heteroatoms. The van der Waals surface area contributed by atoms with Gasteiger partial charge >= 0.3 is 5.97 Å². The van der Waals surface area contributed by atoms with Gasteiger partial charge in [-0.25, -0.2) is 32.7 Å². The molecule has 48 heavy (non-hydrogen) atoms. The van der Waals surface area contributed by atoms with E-state index in [-0.39, 0.29) is 34.9 Å². The minimum atomic E-state index is -1.50. The van der Waals surface area contributed by atoms with Crippen molar-refractivity contribution in [1.29, 1.82) is 0 Å². The number of ether oxygens (including phenoxy) is 2. The molecule has 1 aliphatic heterocycles. The quantitative estimate of drug-likeness (QED) is 0.224. The summed E-state index contributed by atoms with van der Waals surface area (Å²) >= 11 is 0. The van der Waals surface area contributed by atoms with E-state index in [2.05, 4.69) is 25.5 Å². The number of carboxylic acid groups (broad SMARTS) is 1. The van der Waals surface area contributed by atoms with Crippen LogP contribution in [0.1, 0.15) is 77.6 Å². The number of carbonyl (C=O) groups excluding carboxylic acids is 1. The van der Waals surface area contributed by atoms with E-state index >= 15 is 4.39 Å². The van der Waals surface area contributed by atoms with Gasteiger partial charge in [-0.05, 0) is 83.7 Å². The van der Waals surface area contributed by atoms with Crippen LogP contribution >= 0.6 is 0 Å². The summed E-state index contributed by atoms with van der Waals surface area (Å²) in [7, 11) is 0. The Morgan fingerprint density at radius 1 is 1.15 bits per heavy atom. The number of hydrogen-bond donors (Lipinski definition) is 2. The summed E-state index contributed by atoms with van der Waals surface area (Å²) in [4.78, 5) is 35.0. The van der Waals surface area contributed by atoms with E-state index in [1.54, 1.807) is 40.7 Å². The van der Waals surface area contributed by atoms with Gasteiger partial charge in [0, 0.05) is 35.0 Å². The molecule has 12 nitrogen and oxygen atoms in total. The summed E-state index contributed by atoms with van der Waals surface area (Å²) in [5.74, 6) is -2.19. The number of benzene rings is 2. The molecule has 0 radical (unpaired) electrons. The molecule has 1 atom stereocenters. The van der Waals surface area contributed by atoms with Gasteiger partial charge in [0.25, 0.3) is 5.91 Å². The Balaban J connectivity index is 1.47. The second kappa shape index (κ2) is 12.4. The van der Waals surface area contributed by atoms with Crippen LogP contribution in [-0.4, -0.2) is 58.6 Å². The maximum absolute atomic E-state index is 15.6. The fourth-order valence-corrected chi connectivity index (χ4v) is 5.99. The number of fused-ring (bicyclic) bond motifs is 2. The molecule has 0 fully saturated rings. The van der Waals surface area contributed by atoms with Crippen molar-refractivity contribution in [2.45, 2.75) is 72.6 Å². The van der Waals surface area contributed by atoms with Crippen LogP contribution in [0.3, 0.4) is 0 Å². The van der Waals surface area contributed by atoms with Gasteiger partial charge in [-0.3, -0.25) is 4.79 Å². The summed E-state index contributed by atoms with van der Waals surface area (Å²) in [5.41, 5.74) is 2.80. The summed E-state index contributed by atoms with van der Waals surface area (Å²) in [6, 6.07) is 6.90. The van der Waals surface area contributed by atoms with Crippen molar-refractivity contribution in [2.24, 2.45) is 0 Å². The number of nitrogens with zero attached hydrogens (tertiary/aromatic N) is 6. The van der Waals surface area contributed by atoms with Crippen LogP contribution in [-0.2, 0) is 22.5 Å². The van der Waals surface area contributed by atoms with Crippen molar-refractivity contribution in [2.75, 3.05) is 6.61 Å². The number of halogens is 2. The van der Waals surface area contributed by atoms with E-state index in [1.165, 1.54) is 39.8 Å². The number of aromatic nitrogens is 6. The van der Waals surface area contributed by atoms with Crippen LogP contribution in [0.5, 0.6) is 5.75 Å². The number of aryl methyl sites for hydroxylation is 2. The van der Waals surface area contributed by atoms with Crippen molar-refractivity contribution in [1.82, 2.24) is 34.7 Å². The lowest BCUT2D eigenvalue weighted by Gasteiger charge is -2.28. The van der Waals surface area contributed by atoms with E-state index in [1.807, 2.05) is 6.92 Å². The normalized spacial score (nSPS) is 13.7. The molecule has 1 aliphatic rings. The van der Waals surface area contributed by atoms with Gasteiger partial charge in [-0.2, -0.15) is 10.2 Å². The number of amides is 1. The molecule has 6 rings (SSSR count). The van der Waals surface area contributed by atoms with Crippen LogP contribution in [0.4, 0.5) is 8.78 Å². The smallest absolute Gasteiger partial charge is 0.337 e. The molecule has 3 aromatic heterocycles. The molecule has 4 heterocycles. The van der Waals surface area contributed by atoms with Crippen LogP contribution in [0.15, 0.2) is 36.7 Å². The molecule has 0 bridgehead atoms. The van der Waals surface area contributed by atoms with Crippen LogP contribution < -0.4 is 10.1 Å². The number of hydrogen-bond acceptors (Lipinski definition) is 8. The number of aliphatic carboxylic acids is 1. The highest BCUT2D eigenvalue weighted by molar-refractivity contribution is 5.93. The van der Waals surface area contributed by atoms with E-state index in [4.69, 9.17) is 9.47 Å². The Kier molecular flexibility index (Phi) is 8.45. The van der Waals surface area contributed by atoms with Gasteiger partial charge in [0.15, 0.2) is 29.0 Å². The molecule has 250 valence electrons. The highest BCUT2D eigenvalue weighted by Gasteiger charge is 2.35. The monoisotopic (exact) mass is 659 g/mol. The van der Waals surface area contributed by atoms with E-state index < -0.39 is 35.2 Å². The van der Waals surface area contributed by atoms with Crippen molar-refractivity contribution < 1.29 is 33.0 Å². The van der Waals surface area contributed by atoms with Crippen molar-refractivity contribution in [3.63, 3.8) is 0 Å². The largest absolute Gasteiger partial charge is 0.490 e. The fourth-order valence-electron chi connectivity index (χ4n) is 5.99. The average molecular weight is 660 g/mol. The number of nitrogens with one attached hydrogen (secondary N) is 1. The molecule has 2 N–H and O–H groups in total. The zero-order valence-electron chi connectivity index (χ0n) is 27.4. The maximum atomic E-state index is 15.6. The standard InChI is InChI=1S/C34H35F2N7O5/c1-17-22-8-7-11-47-30(22)24(36)13-23(17)29-28(31(33(45)46)48-34(4,5)6)18(2)40-27-14-25(41-43(27)29)32(44)37-15-20-9-10-21(35)12-26(20)42-19(3)38-16-39-42/h9-10,12-14,16,31H,7-8,11,15H2,1-6H3,(H,37,44)(H,45,46)/t31-/m1/s1. The Morgan fingerprint density at radius 3 is 2.60 bits per heavy atom. The lowest BCUT2D eigenvalue weighted by Crippen LogP contribution is -2.29. The maximum Gasteiger partial charge on any atom is 0.337 e. The van der Waals surface area contributed by atoms with Gasteiger partial charge in [-0.15, -0.1) is 0 Å². The first-order valence-corrected chi connectivity index (χ1v) is 15.4. The molecule has 2 aromatic carbocycles. The van der Waals surface area contributed by atoms with Gasteiger partial charge in [0.1, 0.15) is 18.0 Å². The molecule has 1 amide bonds. The zero-order valence-corrected chi connectivity index (χ0v) is 27.4. The first-order chi connectivity index (χ1) is 22.7. The Labute approximate surface area is 274 Å². The van der Waals surface area contributed by atoms with Crippen LogP contribution in [0.25, 0.3) is 22.6 Å². The number of carboxylic acids is 1. The van der Waals surface area contributed by atoms with Gasteiger partial charge in [-0.1, -0.05) is 6.07 Å². The molecule has 0 saturated heterocycles. The van der Waals surface area contributed by atoms with Crippen LogP contribution in [0.2, 0.25) is 0 Å². The average Bonchev–Trinajstić information content (AvgIpc) is 3.66. The predicted octanol–water partition coefficient (Wildman–Crippen LogP) is 5.38. The van der Waals surface area contributed by atoms with E-state index in [0.717, 1.165) is 0 Å². The lowest BCUT2D eigenvalue weighted by atomic mass is 9.91. The second-order valence-electron chi connectivity index (χ2n) is 12.7. The summed E-state index contributed by atoms with van der Waals surface area (Å²) < 4.78 is 44.3. The van der Waals surface area contributed by atoms with Crippen molar-refractivity contribution in [3.8, 4) is 22.7 Å². The topological polar surface area (TPSA) is 146 Å². The molecule has 0 saturated carbocycles. The third kappa shape index (κ3) is 6.10. The summed E-state index contributed by atoms with van der Waals surface area (Å²) in [5, 5.41) is 22.0. The highest BCUT2D eigenvalue weighted by atomic mass is 19.1. The minimum absolute atomic E-state index is 0.00182. The van der Waals surface area contributed by atoms with Crippen LogP contribution in [0, 0.1) is 32.4 Å². The van der Waals surface area contributed by atoms with Crippen molar-refractivity contribution >= 4 is 17.5 Å². The molecular weight excluding hydrogens is 624 g/mol. The third-order valence-electron chi connectivity index (χ3n) is 8.14. The Bertz CT molecular complexity index is 2080. The Hall–Kier alpha value is -5.24.